The maximum absolute atomic E-state index is 15.7. The molecule has 1 aromatic carbocycles. The number of aromatic nitrogens is 1. The van der Waals surface area contributed by atoms with Gasteiger partial charge in [0.15, 0.2) is 5.82 Å². The number of carboxylic acids is 1. The van der Waals surface area contributed by atoms with Crippen LogP contribution in [0.1, 0.15) is 48.5 Å². The van der Waals surface area contributed by atoms with Crippen LogP contribution in [0.3, 0.4) is 0 Å². The minimum Gasteiger partial charge on any atom is -0.477 e. The first-order valence-corrected chi connectivity index (χ1v) is 10.2. The molecule has 3 fully saturated rings. The molecule has 8 heteroatoms. The number of nitrogens with two attached hydrogens (primary N) is 1. The molecular weight excluding hydrogens is 380 g/mol. The summed E-state index contributed by atoms with van der Waals surface area (Å²) in [6, 6.07) is 0.968. The molecule has 3 N–H and O–H groups in total. The van der Waals surface area contributed by atoms with Crippen molar-refractivity contribution in [3.05, 3.63) is 39.7 Å². The molecule has 3 atom stereocenters. The molecule has 0 bridgehead atoms. The maximum Gasteiger partial charge on any atom is 0.341 e. The highest BCUT2D eigenvalue weighted by atomic mass is 19.1. The number of carboxylic acid groups (broad SMARTS) is 1. The van der Waals surface area contributed by atoms with E-state index in [1.54, 1.807) is 4.90 Å². The summed E-state index contributed by atoms with van der Waals surface area (Å²) < 4.78 is 32.3. The third-order valence-corrected chi connectivity index (χ3v) is 6.82. The van der Waals surface area contributed by atoms with Crippen molar-refractivity contribution in [3.8, 4) is 0 Å². The van der Waals surface area contributed by atoms with Crippen molar-refractivity contribution in [2.45, 2.75) is 44.2 Å². The molecule has 154 valence electrons. The number of anilines is 1. The predicted octanol–water partition coefficient (Wildman–Crippen LogP) is 2.88. The number of halogens is 2. The van der Waals surface area contributed by atoms with Gasteiger partial charge in [-0.2, -0.15) is 0 Å². The Hall–Kier alpha value is -2.48. The van der Waals surface area contributed by atoms with Crippen LogP contribution in [0.2, 0.25) is 0 Å². The second kappa shape index (κ2) is 6.52. The van der Waals surface area contributed by atoms with Gasteiger partial charge in [0.2, 0.25) is 5.43 Å². The minimum absolute atomic E-state index is 0.00179. The molecule has 2 aliphatic carbocycles. The van der Waals surface area contributed by atoms with E-state index in [0.29, 0.717) is 19.0 Å². The fourth-order valence-corrected chi connectivity index (χ4v) is 5.21. The number of rotatable bonds is 3. The summed E-state index contributed by atoms with van der Waals surface area (Å²) in [5, 5.41) is 9.12. The zero-order valence-corrected chi connectivity index (χ0v) is 15.9. The lowest BCUT2D eigenvalue weighted by Crippen LogP contribution is -2.38. The largest absolute Gasteiger partial charge is 0.477 e. The summed E-state index contributed by atoms with van der Waals surface area (Å²) in [6.07, 6.45) is 5.70. The fraction of sp³-hybridized carbons (Fsp3) is 0.524. The number of fused-ring (bicyclic) bond motifs is 2. The van der Waals surface area contributed by atoms with E-state index in [-0.39, 0.29) is 34.6 Å². The van der Waals surface area contributed by atoms with Gasteiger partial charge in [0.1, 0.15) is 17.1 Å². The van der Waals surface area contributed by atoms with Crippen molar-refractivity contribution in [2.75, 3.05) is 18.0 Å². The Bertz CT molecular complexity index is 1080. The summed E-state index contributed by atoms with van der Waals surface area (Å²) in [5.74, 6) is -2.49. The average molecular weight is 403 g/mol. The van der Waals surface area contributed by atoms with Gasteiger partial charge in [0, 0.05) is 31.4 Å². The van der Waals surface area contributed by atoms with E-state index in [1.807, 2.05) is 0 Å². The molecule has 2 aromatic rings. The van der Waals surface area contributed by atoms with Gasteiger partial charge in [-0.25, -0.2) is 13.6 Å². The smallest absolute Gasteiger partial charge is 0.341 e. The van der Waals surface area contributed by atoms with Gasteiger partial charge in [0.05, 0.1) is 10.9 Å². The van der Waals surface area contributed by atoms with Gasteiger partial charge in [0.25, 0.3) is 0 Å². The zero-order valence-electron chi connectivity index (χ0n) is 15.9. The van der Waals surface area contributed by atoms with Crippen molar-refractivity contribution in [2.24, 2.45) is 17.6 Å². The standard InChI is InChI=1S/C21H23F2N3O3/c22-15-6-12-18(26(11-4-5-11)9-14(20(12)27)21(28)29)17(23)19(15)25-7-10-2-1-3-16(24)13(10)8-25/h6,9-11,13,16H,1-5,7-8,24H2,(H,28,29)/t10-,13+,16+/m1/s1. The molecular formula is C21H23F2N3O3. The van der Waals surface area contributed by atoms with Gasteiger partial charge in [-0.1, -0.05) is 6.42 Å². The van der Waals surface area contributed by atoms with Gasteiger partial charge in [-0.3, -0.25) is 4.79 Å². The van der Waals surface area contributed by atoms with Crippen molar-refractivity contribution >= 4 is 22.6 Å². The van der Waals surface area contributed by atoms with Crippen molar-refractivity contribution in [3.63, 3.8) is 0 Å². The second-order valence-electron chi connectivity index (χ2n) is 8.66. The highest BCUT2D eigenvalue weighted by Gasteiger charge is 2.41. The molecule has 1 saturated heterocycles. The molecule has 0 spiro atoms. The van der Waals surface area contributed by atoms with Gasteiger partial charge in [-0.15, -0.1) is 0 Å². The number of hydrogen-bond acceptors (Lipinski definition) is 4. The Balaban J connectivity index is 1.68. The lowest BCUT2D eigenvalue weighted by atomic mass is 9.78. The highest BCUT2D eigenvalue weighted by Crippen LogP contribution is 2.42. The molecule has 1 aromatic heterocycles. The first-order valence-electron chi connectivity index (χ1n) is 10.2. The van der Waals surface area contributed by atoms with Crippen molar-refractivity contribution in [1.82, 2.24) is 4.57 Å². The Morgan fingerprint density at radius 1 is 1.17 bits per heavy atom. The molecule has 2 heterocycles. The number of hydrogen-bond donors (Lipinski definition) is 2. The minimum atomic E-state index is -1.39. The SMILES string of the molecule is N[C@H]1CCC[C@@H]2CN(c3c(F)cc4c(=O)c(C(=O)O)cn(C5CC5)c4c3F)C[C@@H]21. The van der Waals surface area contributed by atoms with Gasteiger partial charge in [-0.05, 0) is 43.6 Å². The van der Waals surface area contributed by atoms with Crippen LogP contribution in [0, 0.1) is 23.5 Å². The lowest BCUT2D eigenvalue weighted by molar-refractivity contribution is 0.0695. The van der Waals surface area contributed by atoms with Crippen molar-refractivity contribution in [1.29, 1.82) is 0 Å². The molecule has 29 heavy (non-hydrogen) atoms. The van der Waals surface area contributed by atoms with Crippen LogP contribution in [-0.2, 0) is 0 Å². The fourth-order valence-electron chi connectivity index (χ4n) is 5.21. The monoisotopic (exact) mass is 403 g/mol. The normalized spacial score (nSPS) is 26.7. The molecule has 6 nitrogen and oxygen atoms in total. The number of carbonyl (C=O) groups is 1. The first-order chi connectivity index (χ1) is 13.9. The van der Waals surface area contributed by atoms with Crippen LogP contribution in [0.15, 0.2) is 17.1 Å². The van der Waals surface area contributed by atoms with Crippen LogP contribution < -0.4 is 16.1 Å². The van der Waals surface area contributed by atoms with E-state index < -0.39 is 28.6 Å². The van der Waals surface area contributed by atoms with Crippen molar-refractivity contribution < 1.29 is 18.7 Å². The summed E-state index contributed by atoms with van der Waals surface area (Å²) in [7, 11) is 0. The predicted molar refractivity (Wildman–Crippen MR) is 104 cm³/mol. The van der Waals surface area contributed by atoms with E-state index in [9.17, 15) is 14.7 Å². The lowest BCUT2D eigenvalue weighted by Gasteiger charge is -2.29. The molecule has 1 aliphatic heterocycles. The number of aromatic carboxylic acids is 1. The van der Waals surface area contributed by atoms with E-state index >= 15 is 8.78 Å². The molecule has 0 unspecified atom stereocenters. The van der Waals surface area contributed by atoms with E-state index in [4.69, 9.17) is 5.73 Å². The summed E-state index contributed by atoms with van der Waals surface area (Å²) in [4.78, 5) is 25.8. The van der Waals surface area contributed by atoms with E-state index in [0.717, 1.165) is 38.2 Å². The number of nitrogens with zero attached hydrogens (tertiary/aromatic N) is 2. The highest BCUT2D eigenvalue weighted by molar-refractivity contribution is 5.94. The molecule has 2 saturated carbocycles. The maximum atomic E-state index is 15.7. The molecule has 3 aliphatic rings. The van der Waals surface area contributed by atoms with Crippen LogP contribution in [0.5, 0.6) is 0 Å². The van der Waals surface area contributed by atoms with Gasteiger partial charge < -0.3 is 20.3 Å². The molecule has 5 rings (SSSR count). The zero-order chi connectivity index (χ0) is 20.4. The second-order valence-corrected chi connectivity index (χ2v) is 8.66. The topological polar surface area (TPSA) is 88.6 Å². The summed E-state index contributed by atoms with van der Waals surface area (Å²) >= 11 is 0. The van der Waals surface area contributed by atoms with Crippen LogP contribution >= 0.6 is 0 Å². The Kier molecular flexibility index (Phi) is 4.17. The van der Waals surface area contributed by atoms with Crippen LogP contribution in [0.4, 0.5) is 14.5 Å². The third kappa shape index (κ3) is 2.84. The third-order valence-electron chi connectivity index (χ3n) is 6.82. The summed E-state index contributed by atoms with van der Waals surface area (Å²) in [5.41, 5.74) is 4.80. The number of benzene rings is 1. The van der Waals surface area contributed by atoms with E-state index in [2.05, 4.69) is 0 Å². The Labute approximate surface area is 165 Å². The Morgan fingerprint density at radius 3 is 2.59 bits per heavy atom. The van der Waals surface area contributed by atoms with Crippen LogP contribution in [0.25, 0.3) is 10.9 Å². The quantitative estimate of drug-likeness (QED) is 0.823. The number of pyridine rings is 1. The molecule has 0 amide bonds. The molecule has 0 radical (unpaired) electrons. The first kappa shape index (κ1) is 18.5. The van der Waals surface area contributed by atoms with Gasteiger partial charge >= 0.3 is 5.97 Å². The summed E-state index contributed by atoms with van der Waals surface area (Å²) in [6.45, 7) is 1.03. The Morgan fingerprint density at radius 2 is 1.93 bits per heavy atom. The average Bonchev–Trinajstić information content (AvgIpc) is 3.42. The van der Waals surface area contributed by atoms with Crippen LogP contribution in [-0.4, -0.2) is 34.8 Å². The van der Waals surface area contributed by atoms with E-state index in [1.165, 1.54) is 10.8 Å².